The van der Waals surface area contributed by atoms with E-state index in [1.165, 1.54) is 62.7 Å². The molecule has 7 N–H and O–H groups in total. The second-order valence-electron chi connectivity index (χ2n) is 42.9. The Morgan fingerprint density at radius 2 is 0.824 bits per heavy atom. The van der Waals surface area contributed by atoms with Crippen LogP contribution in [0.2, 0.25) is 0 Å². The summed E-state index contributed by atoms with van der Waals surface area (Å²) in [6.07, 6.45) is 50.3. The minimum atomic E-state index is -0.760. The maximum absolute atomic E-state index is 12.0. The van der Waals surface area contributed by atoms with Gasteiger partial charge in [0, 0.05) is 79.3 Å². The molecule has 0 radical (unpaired) electrons. The molecule has 16 heteroatoms. The maximum atomic E-state index is 12.0. The molecule has 0 fully saturated rings. The molecule has 0 bridgehead atoms. The van der Waals surface area contributed by atoms with E-state index in [9.17, 15) is 64.2 Å². The number of Topliss-reactive ketones (excluding diaryl/α,β-unsaturated/α-hetero) is 7. The maximum Gasteiger partial charge on any atom is 0.159 e. The van der Waals surface area contributed by atoms with E-state index in [4.69, 9.17) is 5.11 Å². The highest BCUT2D eigenvalue weighted by molar-refractivity contribution is 8.03. The number of carbonyl (C=O) groups is 7. The highest BCUT2D eigenvalue weighted by Crippen LogP contribution is 2.44. The minimum absolute atomic E-state index is 0.0584. The summed E-state index contributed by atoms with van der Waals surface area (Å²) >= 11 is 3.65. The van der Waals surface area contributed by atoms with Crippen LogP contribution in [-0.4, -0.2) is 124 Å². The number of benzene rings is 2. The molecule has 8 aliphatic carbocycles. The van der Waals surface area contributed by atoms with Gasteiger partial charge in [-0.2, -0.15) is 0 Å². The number of aliphatic hydroxyl groups is 7. The number of carbonyl (C=O) groups excluding carboxylic acids is 7. The molecule has 14 nitrogen and oxygen atoms in total. The molecule has 8 aliphatic rings. The number of ketones is 7. The molecule has 136 heavy (non-hydrogen) atoms. The summed E-state index contributed by atoms with van der Waals surface area (Å²) in [5, 5.41) is 69.0. The van der Waals surface area contributed by atoms with Crippen LogP contribution in [0.5, 0.6) is 0 Å². The van der Waals surface area contributed by atoms with E-state index in [2.05, 4.69) is 149 Å². The summed E-state index contributed by atoms with van der Waals surface area (Å²) in [5.74, 6) is 5.70. The van der Waals surface area contributed by atoms with Gasteiger partial charge < -0.3 is 35.7 Å². The van der Waals surface area contributed by atoms with Crippen LogP contribution in [0.15, 0.2) is 221 Å². The normalized spacial score (nSPS) is 23.4. The van der Waals surface area contributed by atoms with E-state index < -0.39 is 22.4 Å². The molecule has 2 aromatic carbocycles. The molecule has 0 aromatic heterocycles. The predicted octanol–water partition coefficient (Wildman–Crippen LogP) is 28.6. The Hall–Kier alpha value is -6.83. The van der Waals surface area contributed by atoms with Gasteiger partial charge in [0.2, 0.25) is 0 Å². The zero-order valence-electron chi connectivity index (χ0n) is 89.0. The Morgan fingerprint density at radius 1 is 0.434 bits per heavy atom. The number of hydrogen-bond acceptors (Lipinski definition) is 16. The van der Waals surface area contributed by atoms with E-state index in [1.54, 1.807) is 39.5 Å². The molecular formula is C120H184O14S2. The molecule has 0 heterocycles. The summed E-state index contributed by atoms with van der Waals surface area (Å²) in [4.78, 5) is 85.7. The Morgan fingerprint density at radius 3 is 1.20 bits per heavy atom. The largest absolute Gasteiger partial charge is 0.396 e. The SMILES string of the molecule is C=C(C)[C@H]1CC(=O)C(C)=C(Sc2ccccc2)C1.CC(C)=CCC/C(C)=C/CC[C@@](C)(O)[C@@H]1CC=C(C)C(=O)C1.CC(C)=CCC/C(C)=C/CC[C@](C)(O)[C@@H]1CC=C(C)C(=O)C1.CC1=CC[C@@H](C(C)(C)O)CC1=O.CC1=CC[C@@H](C(C)(C)O)C[C@@H]1O.CCC(CO)[C@@H]1CC=C(C)C(=O)C1.CCCC(CSc1ccccc1)[C@@H]1CC=C(C)C(=O)C1.CCCCCC(C)(CO)[C@@H]1CC=C(C)C(=O)C1. The van der Waals surface area contributed by atoms with Crippen molar-refractivity contribution in [2.24, 2.45) is 64.6 Å². The van der Waals surface area contributed by atoms with Gasteiger partial charge in [-0.05, 0) is 400 Å². The van der Waals surface area contributed by atoms with Crippen molar-refractivity contribution in [2.45, 2.75) is 410 Å². The highest BCUT2D eigenvalue weighted by atomic mass is 32.2. The van der Waals surface area contributed by atoms with Gasteiger partial charge >= 0.3 is 0 Å². The second kappa shape index (κ2) is 62.5. The minimum Gasteiger partial charge on any atom is -0.396 e. The Balaban J connectivity index is 0.000000404. The van der Waals surface area contributed by atoms with E-state index in [0.717, 1.165) is 184 Å². The van der Waals surface area contributed by atoms with Gasteiger partial charge in [-0.15, -0.1) is 11.8 Å². The van der Waals surface area contributed by atoms with Crippen LogP contribution in [0.1, 0.15) is 372 Å². The van der Waals surface area contributed by atoms with E-state index >= 15 is 0 Å². The molecule has 0 spiro atoms. The first kappa shape index (κ1) is 123. The Labute approximate surface area is 833 Å². The molecule has 0 saturated carbocycles. The van der Waals surface area contributed by atoms with E-state index in [1.807, 2.05) is 143 Å². The standard InChI is InChI=1S/2C20H32O2.C18H24OS.C16H18OS.C15H26O2.C11H18O2.C10H18O2.C10H16O2/c2*1-15(2)8-6-9-16(3)10-7-13-20(5,22)18-12-11-17(4)19(21)14-18;1-3-7-16(13-20-17-8-5-4-6-9-17)15-11-10-14(2)18(19)12-15;1-11(2)13-9-15(17)12(3)16(10-13)18-14-7-5-4-6-8-14;1-4-5-6-9-15(3,11-16)13-8-7-12(2)14(17)10-13;1-3-9(7-12)10-5-4-8(2)11(13)6-10;2*1-7-4-5-8(6-9(7)11)10(2,3)12/h2*8,10-11,18,22H,6-7,9,12-14H2,1-5H3;4-6,8-10,15-16H,3,7,11-13H2,1-2H3;4-8,13H,1,9-10H2,2-3H3;7,13,16H,4-6,8-11H2,1-3H3;4,9-10,12H,3,5-7H2,1-2H3;4,8-9,11-12H,5-6H2,1-3H3;4,8,12H,5-6H2,1-3H3/b2*16-10+;;;;;;/t18-,20+;18-,20-;15-,16?;13-;13-,15?;9?,10-;8-,9+;8-/m11101111/s1. The number of unbranched alkanes of at least 4 members (excludes halogenated alkanes) is 2. The van der Waals surface area contributed by atoms with Crippen molar-refractivity contribution >= 4 is 64.0 Å². The van der Waals surface area contributed by atoms with Gasteiger partial charge in [0.05, 0.1) is 28.5 Å². The number of hydrogen-bond donors (Lipinski definition) is 7. The van der Waals surface area contributed by atoms with Crippen molar-refractivity contribution in [3.05, 3.63) is 211 Å². The van der Waals surface area contributed by atoms with Crippen LogP contribution in [0.3, 0.4) is 0 Å². The lowest BCUT2D eigenvalue weighted by molar-refractivity contribution is -0.120. The summed E-state index contributed by atoms with van der Waals surface area (Å²) in [6, 6.07) is 20.8. The third-order valence-electron chi connectivity index (χ3n) is 29.6. The lowest BCUT2D eigenvalue weighted by atomic mass is 9.68. The summed E-state index contributed by atoms with van der Waals surface area (Å²) < 4.78 is 0. The van der Waals surface area contributed by atoms with Gasteiger partial charge in [-0.1, -0.05) is 209 Å². The van der Waals surface area contributed by atoms with Crippen molar-refractivity contribution in [2.75, 3.05) is 19.0 Å². The number of allylic oxidation sites excluding steroid dienone is 24. The molecule has 10 rings (SSSR count). The van der Waals surface area contributed by atoms with Crippen molar-refractivity contribution in [1.82, 2.24) is 0 Å². The molecule has 14 atom stereocenters. The third kappa shape index (κ3) is 46.3. The van der Waals surface area contributed by atoms with Crippen LogP contribution in [0, 0.1) is 64.6 Å². The zero-order valence-corrected chi connectivity index (χ0v) is 90.7. The molecular weight excluding hydrogens is 1730 g/mol. The predicted molar refractivity (Wildman–Crippen MR) is 572 cm³/mol. The van der Waals surface area contributed by atoms with E-state index in [-0.39, 0.29) is 83.1 Å². The summed E-state index contributed by atoms with van der Waals surface area (Å²) in [5.41, 5.74) is 10.9. The van der Waals surface area contributed by atoms with Crippen LogP contribution < -0.4 is 0 Å². The van der Waals surface area contributed by atoms with Gasteiger partial charge in [0.15, 0.2) is 40.5 Å². The first-order chi connectivity index (χ1) is 63.8. The van der Waals surface area contributed by atoms with Crippen LogP contribution >= 0.6 is 23.5 Å². The molecule has 3 unspecified atom stereocenters. The Kier molecular flexibility index (Phi) is 56.6. The smallest absolute Gasteiger partial charge is 0.159 e. The van der Waals surface area contributed by atoms with Gasteiger partial charge in [-0.25, -0.2) is 0 Å². The summed E-state index contributed by atoms with van der Waals surface area (Å²) in [6.45, 7) is 53.9. The van der Waals surface area contributed by atoms with Gasteiger partial charge in [0.1, 0.15) is 0 Å². The van der Waals surface area contributed by atoms with Gasteiger partial charge in [-0.3, -0.25) is 33.6 Å². The Bertz CT molecular complexity index is 4410. The van der Waals surface area contributed by atoms with Gasteiger partial charge in [0.25, 0.3) is 0 Å². The van der Waals surface area contributed by atoms with Crippen molar-refractivity contribution in [3.63, 3.8) is 0 Å². The molecule has 760 valence electrons. The molecule has 0 aliphatic heterocycles. The average molecular weight is 1910 g/mol. The van der Waals surface area contributed by atoms with E-state index in [0.29, 0.717) is 86.2 Å². The molecule has 0 amide bonds. The fourth-order valence-corrected chi connectivity index (χ4v) is 20.5. The monoisotopic (exact) mass is 1910 g/mol. The first-order valence-electron chi connectivity index (χ1n) is 51.3. The van der Waals surface area contributed by atoms with Crippen molar-refractivity contribution < 1.29 is 69.3 Å². The van der Waals surface area contributed by atoms with Crippen molar-refractivity contribution in [1.29, 1.82) is 0 Å². The van der Waals surface area contributed by atoms with Crippen LogP contribution in [0.25, 0.3) is 0 Å². The quantitative estimate of drug-likeness (QED) is 0.0195. The second-order valence-corrected chi connectivity index (χ2v) is 45.2. The third-order valence-corrected chi connectivity index (χ3v) is 32.0. The average Bonchev–Trinajstić information content (AvgIpc) is 0.830. The number of rotatable bonds is 34. The lowest BCUT2D eigenvalue weighted by Crippen LogP contribution is -2.37. The highest BCUT2D eigenvalue weighted by Gasteiger charge is 2.40. The zero-order chi connectivity index (χ0) is 102. The lowest BCUT2D eigenvalue weighted by Gasteiger charge is -2.37. The number of thioether (sulfide) groups is 2. The molecule has 2 aromatic rings. The number of aliphatic hydroxyl groups excluding tert-OH is 3. The topological polar surface area (TPSA) is 261 Å². The van der Waals surface area contributed by atoms with Crippen LogP contribution in [0.4, 0.5) is 0 Å². The molecule has 0 saturated heterocycles. The first-order valence-corrected chi connectivity index (χ1v) is 53.1. The fourth-order valence-electron chi connectivity index (χ4n) is 18.2. The van der Waals surface area contributed by atoms with Crippen molar-refractivity contribution in [3.8, 4) is 0 Å². The summed E-state index contributed by atoms with van der Waals surface area (Å²) in [7, 11) is 0. The van der Waals surface area contributed by atoms with Crippen LogP contribution in [-0.2, 0) is 33.6 Å². The fraction of sp³-hybridized carbons (Fsp3) is 0.625.